The first-order valence-corrected chi connectivity index (χ1v) is 5.69. The van der Waals surface area contributed by atoms with Gasteiger partial charge in [0.2, 0.25) is 0 Å². The molecule has 3 nitrogen and oxygen atoms in total. The van der Waals surface area contributed by atoms with Crippen molar-refractivity contribution in [1.29, 1.82) is 0 Å². The maximum absolute atomic E-state index is 13.1. The third kappa shape index (κ3) is 4.84. The summed E-state index contributed by atoms with van der Waals surface area (Å²) in [6.45, 7) is -0.391. The standard InChI is InChI=1S/C10H7BrF6O3/c11-6-3-5(4-18)1-2-7(6)19-9(13,14)8(12)20-10(15,16)17/h1-3,8,18H,4H2/t8-/m1/s1. The van der Waals surface area contributed by atoms with Gasteiger partial charge in [-0.1, -0.05) is 6.07 Å². The van der Waals surface area contributed by atoms with Gasteiger partial charge in [0.25, 0.3) is 0 Å². The molecule has 0 bridgehead atoms. The lowest BCUT2D eigenvalue weighted by Gasteiger charge is -2.22. The summed E-state index contributed by atoms with van der Waals surface area (Å²) in [5.74, 6) is -0.611. The first-order valence-electron chi connectivity index (χ1n) is 4.90. The van der Waals surface area contributed by atoms with Crippen LogP contribution in [0.5, 0.6) is 5.75 Å². The van der Waals surface area contributed by atoms with Gasteiger partial charge < -0.3 is 9.84 Å². The lowest BCUT2D eigenvalue weighted by Crippen LogP contribution is -2.41. The second-order valence-corrected chi connectivity index (χ2v) is 4.32. The molecule has 0 spiro atoms. The second kappa shape index (κ2) is 6.19. The van der Waals surface area contributed by atoms with Crippen LogP contribution in [0.15, 0.2) is 22.7 Å². The van der Waals surface area contributed by atoms with Gasteiger partial charge in [-0.25, -0.2) is 9.13 Å². The third-order valence-electron chi connectivity index (χ3n) is 1.93. The number of rotatable bonds is 5. The molecule has 0 aliphatic carbocycles. The van der Waals surface area contributed by atoms with Crippen LogP contribution in [0.25, 0.3) is 0 Å². The van der Waals surface area contributed by atoms with Crippen LogP contribution in [0.3, 0.4) is 0 Å². The van der Waals surface area contributed by atoms with E-state index in [1.54, 1.807) is 0 Å². The normalized spacial score (nSPS) is 14.2. The van der Waals surface area contributed by atoms with E-state index in [0.717, 1.165) is 6.07 Å². The van der Waals surface area contributed by atoms with Crippen LogP contribution in [-0.2, 0) is 11.3 Å². The van der Waals surface area contributed by atoms with E-state index in [1.165, 1.54) is 12.1 Å². The minimum absolute atomic E-state index is 0.0945. The number of aliphatic hydroxyl groups is 1. The molecule has 1 N–H and O–H groups in total. The van der Waals surface area contributed by atoms with Crippen molar-refractivity contribution in [2.75, 3.05) is 0 Å². The monoisotopic (exact) mass is 368 g/mol. The van der Waals surface area contributed by atoms with E-state index in [4.69, 9.17) is 5.11 Å². The minimum atomic E-state index is -5.57. The van der Waals surface area contributed by atoms with Gasteiger partial charge in [0.05, 0.1) is 11.1 Å². The van der Waals surface area contributed by atoms with Crippen molar-refractivity contribution in [3.8, 4) is 5.75 Å². The van der Waals surface area contributed by atoms with Gasteiger partial charge in [-0.3, -0.25) is 0 Å². The summed E-state index contributed by atoms with van der Waals surface area (Å²) in [4.78, 5) is 0. The van der Waals surface area contributed by atoms with Crippen molar-refractivity contribution >= 4 is 15.9 Å². The van der Waals surface area contributed by atoms with E-state index < -0.39 is 31.2 Å². The lowest BCUT2D eigenvalue weighted by atomic mass is 10.2. The summed E-state index contributed by atoms with van der Waals surface area (Å²) in [7, 11) is 0. The molecule has 0 aromatic heterocycles. The highest BCUT2D eigenvalue weighted by atomic mass is 79.9. The summed E-state index contributed by atoms with van der Waals surface area (Å²) in [6.07, 6.45) is -14.4. The summed E-state index contributed by atoms with van der Waals surface area (Å²) < 4.78 is 80.3. The van der Waals surface area contributed by atoms with Gasteiger partial charge >= 0.3 is 18.8 Å². The highest BCUT2D eigenvalue weighted by Gasteiger charge is 2.50. The average Bonchev–Trinajstić information content (AvgIpc) is 2.29. The van der Waals surface area contributed by atoms with E-state index in [9.17, 15) is 26.3 Å². The summed E-state index contributed by atoms with van der Waals surface area (Å²) in [6, 6.07) is 3.29. The van der Waals surface area contributed by atoms with Crippen LogP contribution in [0.1, 0.15) is 5.56 Å². The van der Waals surface area contributed by atoms with E-state index in [2.05, 4.69) is 25.4 Å². The topological polar surface area (TPSA) is 38.7 Å². The number of aliphatic hydroxyl groups excluding tert-OH is 1. The minimum Gasteiger partial charge on any atom is -0.427 e. The Labute approximate surface area is 117 Å². The van der Waals surface area contributed by atoms with Crippen LogP contribution >= 0.6 is 15.9 Å². The average molecular weight is 369 g/mol. The van der Waals surface area contributed by atoms with Crippen LogP contribution in [0, 0.1) is 0 Å². The fourth-order valence-electron chi connectivity index (χ4n) is 1.10. The number of benzene rings is 1. The Morgan fingerprint density at radius 3 is 2.25 bits per heavy atom. The van der Waals surface area contributed by atoms with Crippen LogP contribution in [0.2, 0.25) is 0 Å². The molecular formula is C10H7BrF6O3. The maximum atomic E-state index is 13.1. The molecule has 0 aliphatic rings. The Kier molecular flexibility index (Phi) is 5.27. The number of alkyl halides is 6. The van der Waals surface area contributed by atoms with Crippen LogP contribution < -0.4 is 4.74 Å². The van der Waals surface area contributed by atoms with Crippen molar-refractivity contribution in [2.45, 2.75) is 25.4 Å². The van der Waals surface area contributed by atoms with E-state index >= 15 is 0 Å². The molecule has 0 unspecified atom stereocenters. The van der Waals surface area contributed by atoms with Crippen molar-refractivity contribution in [1.82, 2.24) is 0 Å². The molecule has 0 heterocycles. The van der Waals surface area contributed by atoms with Crippen LogP contribution in [-0.4, -0.2) is 23.9 Å². The highest BCUT2D eigenvalue weighted by Crippen LogP contribution is 2.35. The van der Waals surface area contributed by atoms with Crippen LogP contribution in [0.4, 0.5) is 26.3 Å². The molecule has 1 aromatic carbocycles. The summed E-state index contributed by atoms with van der Waals surface area (Å²) >= 11 is 2.80. The zero-order valence-electron chi connectivity index (χ0n) is 9.43. The molecule has 0 saturated carbocycles. The van der Waals surface area contributed by atoms with E-state index in [0.29, 0.717) is 5.56 Å². The van der Waals surface area contributed by atoms with Crippen molar-refractivity contribution in [2.24, 2.45) is 0 Å². The molecule has 0 aliphatic heterocycles. The largest absolute Gasteiger partial charge is 0.525 e. The van der Waals surface area contributed by atoms with Gasteiger partial charge in [0, 0.05) is 0 Å². The maximum Gasteiger partial charge on any atom is 0.525 e. The first-order chi connectivity index (χ1) is 9.05. The molecule has 0 radical (unpaired) electrons. The Morgan fingerprint density at radius 2 is 1.80 bits per heavy atom. The first kappa shape index (κ1) is 17.1. The smallest absolute Gasteiger partial charge is 0.427 e. The fraction of sp³-hybridized carbons (Fsp3) is 0.400. The molecule has 1 rings (SSSR count). The van der Waals surface area contributed by atoms with Gasteiger partial charge in [-0.05, 0) is 33.6 Å². The Balaban J connectivity index is 2.85. The Morgan fingerprint density at radius 1 is 1.20 bits per heavy atom. The molecule has 20 heavy (non-hydrogen) atoms. The zero-order chi connectivity index (χ0) is 15.6. The number of hydrogen-bond donors (Lipinski definition) is 1. The number of hydrogen-bond acceptors (Lipinski definition) is 3. The van der Waals surface area contributed by atoms with E-state index in [1.807, 2.05) is 0 Å². The quantitative estimate of drug-likeness (QED) is 0.804. The summed E-state index contributed by atoms with van der Waals surface area (Å²) in [5, 5.41) is 8.79. The van der Waals surface area contributed by atoms with Gasteiger partial charge in [-0.2, -0.15) is 8.78 Å². The fourth-order valence-corrected chi connectivity index (χ4v) is 1.61. The van der Waals surface area contributed by atoms with Crippen molar-refractivity contribution in [3.63, 3.8) is 0 Å². The predicted molar refractivity (Wildman–Crippen MR) is 57.7 cm³/mol. The molecule has 1 aromatic rings. The molecule has 0 amide bonds. The van der Waals surface area contributed by atoms with E-state index in [-0.39, 0.29) is 4.47 Å². The molecule has 114 valence electrons. The summed E-state index contributed by atoms with van der Waals surface area (Å²) in [5.41, 5.74) is 0.330. The van der Waals surface area contributed by atoms with Gasteiger partial charge in [0.15, 0.2) is 0 Å². The number of ether oxygens (including phenoxy) is 2. The zero-order valence-corrected chi connectivity index (χ0v) is 11.0. The number of halogens is 7. The molecule has 1 atom stereocenters. The molecule has 0 saturated heterocycles. The Hall–Kier alpha value is -1.00. The molecule has 10 heteroatoms. The van der Waals surface area contributed by atoms with Crippen molar-refractivity contribution < 1.29 is 40.9 Å². The predicted octanol–water partition coefficient (Wildman–Crippen LogP) is 3.75. The highest BCUT2D eigenvalue weighted by molar-refractivity contribution is 9.10. The van der Waals surface area contributed by atoms with Crippen molar-refractivity contribution in [3.05, 3.63) is 28.2 Å². The molecule has 0 fully saturated rings. The lowest BCUT2D eigenvalue weighted by molar-refractivity contribution is -0.411. The van der Waals surface area contributed by atoms with Gasteiger partial charge in [0.1, 0.15) is 5.75 Å². The van der Waals surface area contributed by atoms with Gasteiger partial charge in [-0.15, -0.1) is 13.2 Å². The Bertz CT molecular complexity index is 465. The SMILES string of the molecule is OCc1ccc(OC(F)(F)[C@H](F)OC(F)(F)F)c(Br)c1. The second-order valence-electron chi connectivity index (χ2n) is 3.47. The molecular weight excluding hydrogens is 362 g/mol. The third-order valence-corrected chi connectivity index (χ3v) is 2.55.